The number of hydrogen-bond acceptors (Lipinski definition) is 4. The molecule has 0 radical (unpaired) electrons. The van der Waals surface area contributed by atoms with Gasteiger partial charge < -0.3 is 19.9 Å². The molecule has 2 aromatic rings. The van der Waals surface area contributed by atoms with E-state index in [-0.39, 0.29) is 6.04 Å². The van der Waals surface area contributed by atoms with Gasteiger partial charge >= 0.3 is 0 Å². The van der Waals surface area contributed by atoms with Gasteiger partial charge in [-0.05, 0) is 54.8 Å². The lowest BCUT2D eigenvalue weighted by atomic mass is 9.79. The summed E-state index contributed by atoms with van der Waals surface area (Å²) in [4.78, 5) is 0. The third-order valence-electron chi connectivity index (χ3n) is 4.58. The standard InChI is InChI=1S/C19H23NO3/c1-22-16-8-3-6-14(12-16)19(21,18-10-5-11-20-18)15-7-4-9-17(13-15)23-2/h3-4,6-9,12-13,18,20-21H,5,10-11H2,1-2H3/t18-/m0/s1. The molecule has 4 nitrogen and oxygen atoms in total. The van der Waals surface area contributed by atoms with Crippen molar-refractivity contribution in [2.24, 2.45) is 0 Å². The summed E-state index contributed by atoms with van der Waals surface area (Å²) in [5.41, 5.74) is 0.522. The molecule has 2 N–H and O–H groups in total. The topological polar surface area (TPSA) is 50.7 Å². The van der Waals surface area contributed by atoms with E-state index < -0.39 is 5.60 Å². The van der Waals surface area contributed by atoms with E-state index in [9.17, 15) is 5.11 Å². The molecule has 3 rings (SSSR count). The summed E-state index contributed by atoms with van der Waals surface area (Å²) in [6, 6.07) is 15.3. The largest absolute Gasteiger partial charge is 0.497 e. The Balaban J connectivity index is 2.12. The fraction of sp³-hybridized carbons (Fsp3) is 0.368. The maximum atomic E-state index is 11.7. The number of hydrogen-bond donors (Lipinski definition) is 2. The number of methoxy groups -OCH3 is 2. The zero-order valence-corrected chi connectivity index (χ0v) is 13.6. The number of aliphatic hydroxyl groups is 1. The first-order valence-corrected chi connectivity index (χ1v) is 7.93. The minimum atomic E-state index is -1.13. The molecule has 1 atom stereocenters. The van der Waals surface area contributed by atoms with Gasteiger partial charge in [0, 0.05) is 6.04 Å². The van der Waals surface area contributed by atoms with Crippen molar-refractivity contribution in [3.05, 3.63) is 59.7 Å². The first kappa shape index (κ1) is 15.8. The maximum Gasteiger partial charge on any atom is 0.130 e. The SMILES string of the molecule is COc1cccc(C(O)(c2cccc(OC)c2)[C@@H]2CCCN2)c1. The van der Waals surface area contributed by atoms with Crippen LogP contribution in [0, 0.1) is 0 Å². The molecule has 122 valence electrons. The van der Waals surface area contributed by atoms with Crippen molar-refractivity contribution < 1.29 is 14.6 Å². The zero-order chi connectivity index (χ0) is 16.3. The molecule has 4 heteroatoms. The van der Waals surface area contributed by atoms with Crippen LogP contribution < -0.4 is 14.8 Å². The molecule has 1 heterocycles. The van der Waals surface area contributed by atoms with Crippen molar-refractivity contribution in [3.8, 4) is 11.5 Å². The van der Waals surface area contributed by atoms with Gasteiger partial charge in [-0.3, -0.25) is 0 Å². The van der Waals surface area contributed by atoms with E-state index in [0.29, 0.717) is 0 Å². The van der Waals surface area contributed by atoms with Crippen LogP contribution in [0.5, 0.6) is 11.5 Å². The van der Waals surface area contributed by atoms with Gasteiger partial charge in [0.2, 0.25) is 0 Å². The van der Waals surface area contributed by atoms with Gasteiger partial charge in [0.15, 0.2) is 0 Å². The molecule has 1 saturated heterocycles. The Morgan fingerprint density at radius 2 is 1.57 bits per heavy atom. The van der Waals surface area contributed by atoms with Crippen molar-refractivity contribution in [2.45, 2.75) is 24.5 Å². The molecule has 0 saturated carbocycles. The van der Waals surface area contributed by atoms with E-state index in [0.717, 1.165) is 42.0 Å². The Bertz CT molecular complexity index is 618. The second kappa shape index (κ2) is 6.60. The molecule has 23 heavy (non-hydrogen) atoms. The van der Waals surface area contributed by atoms with E-state index in [1.165, 1.54) is 0 Å². The van der Waals surface area contributed by atoms with Crippen LogP contribution in [-0.4, -0.2) is 31.9 Å². The molecular weight excluding hydrogens is 290 g/mol. The average molecular weight is 313 g/mol. The average Bonchev–Trinajstić information content (AvgIpc) is 3.16. The number of rotatable bonds is 5. The molecular formula is C19H23NO3. The van der Waals surface area contributed by atoms with Gasteiger partial charge in [-0.25, -0.2) is 0 Å². The van der Waals surface area contributed by atoms with E-state index >= 15 is 0 Å². The molecule has 0 spiro atoms. The molecule has 1 fully saturated rings. The minimum Gasteiger partial charge on any atom is -0.497 e. The summed E-state index contributed by atoms with van der Waals surface area (Å²) < 4.78 is 10.7. The van der Waals surface area contributed by atoms with Crippen LogP contribution in [0.4, 0.5) is 0 Å². The van der Waals surface area contributed by atoms with Gasteiger partial charge in [-0.1, -0.05) is 24.3 Å². The Morgan fingerprint density at radius 1 is 1.00 bits per heavy atom. The fourth-order valence-electron chi connectivity index (χ4n) is 3.33. The molecule has 2 aromatic carbocycles. The minimum absolute atomic E-state index is 0.0401. The lowest BCUT2D eigenvalue weighted by Gasteiger charge is -2.35. The molecule has 1 aliphatic rings. The third kappa shape index (κ3) is 2.92. The van der Waals surface area contributed by atoms with Crippen LogP contribution in [0.15, 0.2) is 48.5 Å². The lowest BCUT2D eigenvalue weighted by Crippen LogP contribution is -2.46. The molecule has 0 bridgehead atoms. The highest BCUT2D eigenvalue weighted by molar-refractivity contribution is 5.44. The lowest BCUT2D eigenvalue weighted by molar-refractivity contribution is 0.0438. The highest BCUT2D eigenvalue weighted by atomic mass is 16.5. The van der Waals surface area contributed by atoms with E-state index in [2.05, 4.69) is 5.32 Å². The Kier molecular flexibility index (Phi) is 4.55. The number of benzene rings is 2. The van der Waals surface area contributed by atoms with Gasteiger partial charge in [-0.15, -0.1) is 0 Å². The van der Waals surface area contributed by atoms with Crippen molar-refractivity contribution >= 4 is 0 Å². The van der Waals surface area contributed by atoms with Gasteiger partial charge in [0.1, 0.15) is 17.1 Å². The van der Waals surface area contributed by atoms with Crippen LogP contribution in [-0.2, 0) is 5.60 Å². The molecule has 0 amide bonds. The second-order valence-corrected chi connectivity index (χ2v) is 5.88. The first-order chi connectivity index (χ1) is 11.2. The highest BCUT2D eigenvalue weighted by Crippen LogP contribution is 2.38. The van der Waals surface area contributed by atoms with E-state index in [1.807, 2.05) is 48.5 Å². The summed E-state index contributed by atoms with van der Waals surface area (Å²) in [7, 11) is 3.27. The Labute approximate surface area is 137 Å². The number of nitrogens with one attached hydrogen (secondary N) is 1. The van der Waals surface area contributed by atoms with Crippen LogP contribution in [0.2, 0.25) is 0 Å². The van der Waals surface area contributed by atoms with Gasteiger partial charge in [0.25, 0.3) is 0 Å². The first-order valence-electron chi connectivity index (χ1n) is 7.93. The van der Waals surface area contributed by atoms with Gasteiger partial charge in [-0.2, -0.15) is 0 Å². The summed E-state index contributed by atoms with van der Waals surface area (Å²) in [6.45, 7) is 0.918. The third-order valence-corrected chi connectivity index (χ3v) is 4.58. The fourth-order valence-corrected chi connectivity index (χ4v) is 3.33. The monoisotopic (exact) mass is 313 g/mol. The quantitative estimate of drug-likeness (QED) is 0.891. The highest BCUT2D eigenvalue weighted by Gasteiger charge is 2.42. The summed E-state index contributed by atoms with van der Waals surface area (Å²) in [5.74, 6) is 1.48. The molecule has 0 aromatic heterocycles. The van der Waals surface area contributed by atoms with Crippen molar-refractivity contribution in [1.82, 2.24) is 5.32 Å². The van der Waals surface area contributed by atoms with Crippen LogP contribution in [0.3, 0.4) is 0 Å². The van der Waals surface area contributed by atoms with Crippen LogP contribution in [0.1, 0.15) is 24.0 Å². The van der Waals surface area contributed by atoms with Crippen molar-refractivity contribution in [1.29, 1.82) is 0 Å². The zero-order valence-electron chi connectivity index (χ0n) is 13.6. The summed E-state index contributed by atoms with van der Waals surface area (Å²) in [6.07, 6.45) is 1.98. The predicted octanol–water partition coefficient (Wildman–Crippen LogP) is 2.69. The van der Waals surface area contributed by atoms with Gasteiger partial charge in [0.05, 0.1) is 14.2 Å². The molecule has 0 aliphatic carbocycles. The van der Waals surface area contributed by atoms with Crippen LogP contribution >= 0.6 is 0 Å². The summed E-state index contributed by atoms with van der Waals surface area (Å²) in [5, 5.41) is 15.2. The van der Waals surface area contributed by atoms with Crippen molar-refractivity contribution in [2.75, 3.05) is 20.8 Å². The molecule has 1 aliphatic heterocycles. The Hall–Kier alpha value is -2.04. The Morgan fingerprint density at radius 3 is 2.00 bits per heavy atom. The van der Waals surface area contributed by atoms with E-state index in [1.54, 1.807) is 14.2 Å². The predicted molar refractivity (Wildman–Crippen MR) is 90.0 cm³/mol. The maximum absolute atomic E-state index is 11.7. The molecule has 0 unspecified atom stereocenters. The smallest absolute Gasteiger partial charge is 0.130 e. The number of ether oxygens (including phenoxy) is 2. The summed E-state index contributed by atoms with van der Waals surface area (Å²) >= 11 is 0. The normalized spacial score (nSPS) is 18.0. The second-order valence-electron chi connectivity index (χ2n) is 5.88. The van der Waals surface area contributed by atoms with E-state index in [4.69, 9.17) is 9.47 Å². The van der Waals surface area contributed by atoms with Crippen LogP contribution in [0.25, 0.3) is 0 Å². The van der Waals surface area contributed by atoms with Crippen molar-refractivity contribution in [3.63, 3.8) is 0 Å².